The van der Waals surface area contributed by atoms with E-state index in [1.807, 2.05) is 6.92 Å². The van der Waals surface area contributed by atoms with Gasteiger partial charge in [-0.1, -0.05) is 11.6 Å². The van der Waals surface area contributed by atoms with Crippen molar-refractivity contribution in [3.63, 3.8) is 0 Å². The Hall–Kier alpha value is -1.26. The number of ether oxygens (including phenoxy) is 1. The van der Waals surface area contributed by atoms with Gasteiger partial charge >= 0.3 is 0 Å². The second-order valence-electron chi connectivity index (χ2n) is 3.43. The molecule has 16 heavy (non-hydrogen) atoms. The maximum absolute atomic E-state index is 11.0. The summed E-state index contributed by atoms with van der Waals surface area (Å²) in [6.07, 6.45) is 0. The molecule has 4 nitrogen and oxygen atoms in total. The monoisotopic (exact) mass is 242 g/mol. The van der Waals surface area contributed by atoms with Gasteiger partial charge in [-0.2, -0.15) is 0 Å². The Kier molecular flexibility index (Phi) is 4.58. The lowest BCUT2D eigenvalue weighted by atomic mass is 10.1. The van der Waals surface area contributed by atoms with E-state index in [0.717, 1.165) is 5.56 Å². The van der Waals surface area contributed by atoms with E-state index in [-0.39, 0.29) is 18.6 Å². The Bertz CT molecular complexity index is 380. The van der Waals surface area contributed by atoms with Crippen molar-refractivity contribution < 1.29 is 9.53 Å². The quantitative estimate of drug-likeness (QED) is 0.841. The van der Waals surface area contributed by atoms with E-state index in [2.05, 4.69) is 5.32 Å². The molecule has 0 radical (unpaired) electrons. The molecule has 5 heteroatoms. The van der Waals surface area contributed by atoms with Crippen molar-refractivity contribution in [2.45, 2.75) is 13.0 Å². The summed E-state index contributed by atoms with van der Waals surface area (Å²) in [5.74, 6) is 0.397. The van der Waals surface area contributed by atoms with Crippen LogP contribution in [-0.2, 0) is 4.79 Å². The van der Waals surface area contributed by atoms with Gasteiger partial charge in [0, 0.05) is 23.7 Å². The summed E-state index contributed by atoms with van der Waals surface area (Å²) in [4.78, 5) is 11.0. The molecular weight excluding hydrogens is 228 g/mol. The van der Waals surface area contributed by atoms with Crippen molar-refractivity contribution in [3.05, 3.63) is 28.8 Å². The molecule has 0 saturated heterocycles. The number of carbonyl (C=O) groups excluding carboxylic acids is 1. The maximum atomic E-state index is 11.0. The molecular formula is C11H15ClN2O2. The number of amides is 1. The number of halogens is 1. The molecule has 0 spiro atoms. The van der Waals surface area contributed by atoms with E-state index in [0.29, 0.717) is 10.8 Å². The molecule has 0 heterocycles. The summed E-state index contributed by atoms with van der Waals surface area (Å²) in [7, 11) is 1.56. The molecule has 0 fully saturated rings. The van der Waals surface area contributed by atoms with E-state index < -0.39 is 0 Å². The number of nitrogens with one attached hydrogen (secondary N) is 1. The number of hydrogen-bond donors (Lipinski definition) is 2. The molecule has 0 aliphatic heterocycles. The van der Waals surface area contributed by atoms with Crippen LogP contribution < -0.4 is 15.8 Å². The Balaban J connectivity index is 2.82. The van der Waals surface area contributed by atoms with Crippen LogP contribution in [0.1, 0.15) is 18.5 Å². The second kappa shape index (κ2) is 5.72. The minimum atomic E-state index is -0.196. The molecule has 1 aromatic rings. The van der Waals surface area contributed by atoms with Crippen LogP contribution in [0.3, 0.4) is 0 Å². The van der Waals surface area contributed by atoms with Gasteiger partial charge < -0.3 is 15.8 Å². The number of carbonyl (C=O) groups is 1. The van der Waals surface area contributed by atoms with Gasteiger partial charge in [-0.15, -0.1) is 0 Å². The van der Waals surface area contributed by atoms with Crippen LogP contribution in [0.5, 0.6) is 5.75 Å². The van der Waals surface area contributed by atoms with Gasteiger partial charge in [0.05, 0.1) is 0 Å². The van der Waals surface area contributed by atoms with E-state index in [1.165, 1.54) is 0 Å². The van der Waals surface area contributed by atoms with E-state index in [9.17, 15) is 4.79 Å². The van der Waals surface area contributed by atoms with Crippen molar-refractivity contribution >= 4 is 17.5 Å². The number of nitrogens with two attached hydrogens (primary N) is 1. The van der Waals surface area contributed by atoms with Crippen molar-refractivity contribution in [1.29, 1.82) is 0 Å². The molecule has 3 N–H and O–H groups in total. The summed E-state index contributed by atoms with van der Waals surface area (Å²) in [6, 6.07) is 4.96. The molecule has 0 aliphatic carbocycles. The molecule has 0 unspecified atom stereocenters. The smallest absolute Gasteiger partial charge is 0.257 e. The van der Waals surface area contributed by atoms with Gasteiger partial charge in [0.2, 0.25) is 0 Å². The van der Waals surface area contributed by atoms with Crippen molar-refractivity contribution in [1.82, 2.24) is 5.32 Å². The highest BCUT2D eigenvalue weighted by Crippen LogP contribution is 2.27. The molecule has 0 aromatic heterocycles. The average Bonchev–Trinajstić information content (AvgIpc) is 2.26. The molecule has 1 amide bonds. The van der Waals surface area contributed by atoms with Crippen LogP contribution in [0.2, 0.25) is 5.02 Å². The summed E-state index contributed by atoms with van der Waals surface area (Å²) >= 11 is 5.86. The summed E-state index contributed by atoms with van der Waals surface area (Å²) < 4.78 is 5.36. The van der Waals surface area contributed by atoms with Gasteiger partial charge in [0.25, 0.3) is 5.91 Å². The summed E-state index contributed by atoms with van der Waals surface area (Å²) in [5, 5.41) is 3.07. The zero-order valence-electron chi connectivity index (χ0n) is 9.29. The highest BCUT2D eigenvalue weighted by Gasteiger charge is 2.10. The average molecular weight is 243 g/mol. The van der Waals surface area contributed by atoms with Crippen LogP contribution in [0.15, 0.2) is 18.2 Å². The maximum Gasteiger partial charge on any atom is 0.257 e. The zero-order chi connectivity index (χ0) is 12.1. The van der Waals surface area contributed by atoms with Gasteiger partial charge in [-0.05, 0) is 25.1 Å². The molecule has 1 rings (SSSR count). The molecule has 1 aromatic carbocycles. The Morgan fingerprint density at radius 3 is 2.88 bits per heavy atom. The third kappa shape index (κ3) is 3.40. The number of hydrogen-bond acceptors (Lipinski definition) is 3. The topological polar surface area (TPSA) is 64.3 Å². The second-order valence-corrected chi connectivity index (χ2v) is 3.87. The van der Waals surface area contributed by atoms with Gasteiger partial charge in [0.15, 0.2) is 6.61 Å². The van der Waals surface area contributed by atoms with E-state index in [4.69, 9.17) is 22.1 Å². The summed E-state index contributed by atoms with van der Waals surface area (Å²) in [6.45, 7) is 1.80. The minimum Gasteiger partial charge on any atom is -0.483 e. The lowest BCUT2D eigenvalue weighted by molar-refractivity contribution is -0.122. The largest absolute Gasteiger partial charge is 0.483 e. The van der Waals surface area contributed by atoms with E-state index in [1.54, 1.807) is 25.2 Å². The van der Waals surface area contributed by atoms with Crippen molar-refractivity contribution in [2.24, 2.45) is 5.73 Å². The third-order valence-electron chi connectivity index (χ3n) is 2.10. The fraction of sp³-hybridized carbons (Fsp3) is 0.364. The first kappa shape index (κ1) is 12.8. The number of likely N-dealkylation sites (N-methyl/N-ethyl adjacent to an activating group) is 1. The van der Waals surface area contributed by atoms with Crippen LogP contribution >= 0.6 is 11.6 Å². The predicted molar refractivity (Wildman–Crippen MR) is 63.6 cm³/mol. The van der Waals surface area contributed by atoms with Crippen LogP contribution in [0, 0.1) is 0 Å². The molecule has 88 valence electrons. The van der Waals surface area contributed by atoms with Crippen LogP contribution in [0.25, 0.3) is 0 Å². The lowest BCUT2D eigenvalue weighted by Crippen LogP contribution is -2.25. The highest BCUT2D eigenvalue weighted by molar-refractivity contribution is 6.30. The molecule has 0 bridgehead atoms. The molecule has 1 atom stereocenters. The molecule has 0 saturated carbocycles. The first-order chi connectivity index (χ1) is 7.54. The fourth-order valence-electron chi connectivity index (χ4n) is 1.22. The Morgan fingerprint density at radius 1 is 1.62 bits per heavy atom. The van der Waals surface area contributed by atoms with Crippen LogP contribution in [0.4, 0.5) is 0 Å². The van der Waals surface area contributed by atoms with Crippen LogP contribution in [-0.4, -0.2) is 19.6 Å². The SMILES string of the molecule is CNC(=O)COc1ccc(Cl)cc1[C@H](C)N. The number of benzene rings is 1. The first-order valence-corrected chi connectivity index (χ1v) is 5.30. The molecule has 0 aliphatic rings. The lowest BCUT2D eigenvalue weighted by Gasteiger charge is -2.13. The van der Waals surface area contributed by atoms with E-state index >= 15 is 0 Å². The van der Waals surface area contributed by atoms with Gasteiger partial charge in [-0.3, -0.25) is 4.79 Å². The van der Waals surface area contributed by atoms with Gasteiger partial charge in [0.1, 0.15) is 5.75 Å². The fourth-order valence-corrected chi connectivity index (χ4v) is 1.40. The normalized spacial score (nSPS) is 12.0. The Labute approximate surface area is 99.7 Å². The Morgan fingerprint density at radius 2 is 2.31 bits per heavy atom. The van der Waals surface area contributed by atoms with Crippen molar-refractivity contribution in [3.8, 4) is 5.75 Å². The zero-order valence-corrected chi connectivity index (χ0v) is 10.0. The predicted octanol–water partition coefficient (Wildman–Crippen LogP) is 1.48. The van der Waals surface area contributed by atoms with Gasteiger partial charge in [-0.25, -0.2) is 0 Å². The summed E-state index contributed by atoms with van der Waals surface area (Å²) in [5.41, 5.74) is 6.57. The first-order valence-electron chi connectivity index (χ1n) is 4.93. The van der Waals surface area contributed by atoms with Crippen molar-refractivity contribution in [2.75, 3.05) is 13.7 Å². The highest BCUT2D eigenvalue weighted by atomic mass is 35.5. The third-order valence-corrected chi connectivity index (χ3v) is 2.34. The standard InChI is InChI=1S/C11H15ClN2O2/c1-7(13)9-5-8(12)3-4-10(9)16-6-11(15)14-2/h3-5,7H,6,13H2,1-2H3,(H,14,15)/t7-/m0/s1. The minimum absolute atomic E-state index is 0.0299. The number of rotatable bonds is 4.